The second kappa shape index (κ2) is 10.6. The molecule has 1 saturated heterocycles. The van der Waals surface area contributed by atoms with E-state index in [0.717, 1.165) is 13.0 Å². The second-order valence-corrected chi connectivity index (χ2v) is 9.94. The Morgan fingerprint density at radius 1 is 1.37 bits per heavy atom. The lowest BCUT2D eigenvalue weighted by molar-refractivity contribution is 0.0578. The Morgan fingerprint density at radius 2 is 2.18 bits per heavy atom. The van der Waals surface area contributed by atoms with E-state index >= 15 is 4.39 Å². The average Bonchev–Trinajstić information content (AvgIpc) is 3.24. The Kier molecular flexibility index (Phi) is 7.28. The number of nitrogens with zero attached hydrogens (tertiary/aromatic N) is 5. The number of halogens is 2. The van der Waals surface area contributed by atoms with Crippen molar-refractivity contribution < 1.29 is 19.0 Å². The number of aromatic nitrogens is 3. The molecule has 1 unspecified atom stereocenters. The molecule has 0 spiro atoms. The fourth-order valence-electron chi connectivity index (χ4n) is 5.46. The number of hydrogen-bond donors (Lipinski definition) is 1. The lowest BCUT2D eigenvalue weighted by Gasteiger charge is -2.41. The lowest BCUT2D eigenvalue weighted by atomic mass is 9.94. The molecular weight excluding hydrogens is 509 g/mol. The molecule has 0 radical (unpaired) electrons. The van der Waals surface area contributed by atoms with Gasteiger partial charge in [-0.05, 0) is 51.8 Å². The van der Waals surface area contributed by atoms with Crippen LogP contribution in [-0.4, -0.2) is 67.5 Å². The fourth-order valence-corrected chi connectivity index (χ4v) is 5.72. The number of phenols is 1. The van der Waals surface area contributed by atoms with Gasteiger partial charge in [0.2, 0.25) is 0 Å². The number of hydrogen-bond acceptors (Lipinski definition) is 6. The van der Waals surface area contributed by atoms with Gasteiger partial charge in [0.05, 0.1) is 5.02 Å². The minimum Gasteiger partial charge on any atom is -0.507 e. The van der Waals surface area contributed by atoms with Gasteiger partial charge < -0.3 is 14.7 Å². The number of rotatable bonds is 3. The van der Waals surface area contributed by atoms with Crippen molar-refractivity contribution in [3.63, 3.8) is 0 Å². The van der Waals surface area contributed by atoms with Crippen LogP contribution >= 0.6 is 11.6 Å². The molecular formula is C28H29ClFN5O3. The molecule has 1 N–H and O–H groups in total. The first-order valence-corrected chi connectivity index (χ1v) is 13.0. The van der Waals surface area contributed by atoms with Gasteiger partial charge in [0, 0.05) is 54.0 Å². The molecule has 2 aromatic carbocycles. The molecule has 5 rings (SSSR count). The highest BCUT2D eigenvalue weighted by Gasteiger charge is 2.37. The minimum atomic E-state index is -0.591. The number of aryl methyl sites for hydroxylation is 1. The average molecular weight is 538 g/mol. The summed E-state index contributed by atoms with van der Waals surface area (Å²) in [6.07, 6.45) is 2.90. The van der Waals surface area contributed by atoms with E-state index in [9.17, 15) is 9.90 Å². The normalized spacial score (nSPS) is 18.9. The van der Waals surface area contributed by atoms with Gasteiger partial charge in [-0.2, -0.15) is 4.68 Å². The maximum absolute atomic E-state index is 16.1. The van der Waals surface area contributed by atoms with Crippen molar-refractivity contribution in [2.75, 3.05) is 19.7 Å². The van der Waals surface area contributed by atoms with Gasteiger partial charge in [-0.1, -0.05) is 23.6 Å². The first-order chi connectivity index (χ1) is 18.3. The van der Waals surface area contributed by atoms with E-state index in [2.05, 4.69) is 26.8 Å². The Hall–Kier alpha value is -3.61. The predicted octanol–water partition coefficient (Wildman–Crippen LogP) is 4.84. The number of amides is 1. The Balaban J connectivity index is 1.44. The summed E-state index contributed by atoms with van der Waals surface area (Å²) in [5, 5.41) is 14.9. The molecule has 8 nitrogen and oxygen atoms in total. The molecule has 0 aliphatic carbocycles. The first-order valence-electron chi connectivity index (χ1n) is 12.6. The molecule has 3 aromatic rings. The minimum absolute atomic E-state index is 0.00920. The summed E-state index contributed by atoms with van der Waals surface area (Å²) in [6.45, 7) is 7.38. The van der Waals surface area contributed by atoms with Crippen LogP contribution in [0.15, 0.2) is 30.6 Å². The summed E-state index contributed by atoms with van der Waals surface area (Å²) >= 11 is 6.39. The molecule has 1 aromatic heterocycles. The van der Waals surface area contributed by atoms with Gasteiger partial charge in [0.1, 0.15) is 24.5 Å². The predicted molar refractivity (Wildman–Crippen MR) is 142 cm³/mol. The molecule has 10 heteroatoms. The highest BCUT2D eigenvalue weighted by atomic mass is 35.5. The Morgan fingerprint density at radius 3 is 2.87 bits per heavy atom. The molecule has 2 aliphatic heterocycles. The van der Waals surface area contributed by atoms with Crippen LogP contribution in [0.25, 0.3) is 11.1 Å². The van der Waals surface area contributed by atoms with Crippen molar-refractivity contribution in [3.8, 4) is 34.5 Å². The van der Waals surface area contributed by atoms with E-state index in [0.29, 0.717) is 36.5 Å². The fraction of sp³-hybridized carbons (Fsp3) is 0.393. The van der Waals surface area contributed by atoms with Gasteiger partial charge in [-0.25, -0.2) is 14.2 Å². The van der Waals surface area contributed by atoms with Crippen LogP contribution in [0.3, 0.4) is 0 Å². The van der Waals surface area contributed by atoms with Crippen LogP contribution in [0.1, 0.15) is 43.6 Å². The zero-order chi connectivity index (χ0) is 27.0. The molecule has 38 heavy (non-hydrogen) atoms. The Labute approximate surface area is 226 Å². The first kappa shape index (κ1) is 26.0. The quantitative estimate of drug-likeness (QED) is 0.481. The van der Waals surface area contributed by atoms with Gasteiger partial charge in [-0.15, -0.1) is 11.0 Å². The molecule has 1 amide bonds. The number of carbonyl (C=O) groups is 1. The summed E-state index contributed by atoms with van der Waals surface area (Å²) in [7, 11) is 0. The molecule has 3 heterocycles. The number of fused-ring (bicyclic) bond motifs is 2. The van der Waals surface area contributed by atoms with E-state index in [1.807, 2.05) is 17.9 Å². The number of carbonyl (C=O) groups excluding carboxylic acids is 1. The molecule has 1 fully saturated rings. The maximum Gasteiger partial charge on any atom is 0.346 e. The van der Waals surface area contributed by atoms with Crippen molar-refractivity contribution in [1.82, 2.24) is 24.6 Å². The standard InChI is InChI=1S/C28H29ClFN5O3/c1-4-7-18-12-19-14-33-11-10-20(34(5-2)28(37)35-16-31-17(3)32-35)13-21(33)15-38-27(19)26(30)24(18)25-22(29)8-6-9-23(25)36/h6,8-9,12,16,20-21,36H,5,10-11,13-15H2,1-3H3/t20?,21-/m1/s1. The number of benzene rings is 2. The monoisotopic (exact) mass is 537 g/mol. The van der Waals surface area contributed by atoms with Gasteiger partial charge in [0.15, 0.2) is 11.6 Å². The summed E-state index contributed by atoms with van der Waals surface area (Å²) in [5.74, 6) is 5.79. The highest BCUT2D eigenvalue weighted by molar-refractivity contribution is 6.33. The van der Waals surface area contributed by atoms with Crippen LogP contribution in [0, 0.1) is 24.6 Å². The number of ether oxygens (including phenoxy) is 1. The van der Waals surface area contributed by atoms with E-state index in [1.54, 1.807) is 26.0 Å². The second-order valence-electron chi connectivity index (χ2n) is 9.53. The maximum atomic E-state index is 16.1. The highest BCUT2D eigenvalue weighted by Crippen LogP contribution is 2.44. The zero-order valence-corrected chi connectivity index (χ0v) is 22.3. The van der Waals surface area contributed by atoms with E-state index in [4.69, 9.17) is 16.3 Å². The molecule has 2 aliphatic rings. The topological polar surface area (TPSA) is 83.7 Å². The van der Waals surface area contributed by atoms with Crippen molar-refractivity contribution in [1.29, 1.82) is 0 Å². The summed E-state index contributed by atoms with van der Waals surface area (Å²) in [4.78, 5) is 21.3. The van der Waals surface area contributed by atoms with Crippen LogP contribution in [0.5, 0.6) is 11.5 Å². The van der Waals surface area contributed by atoms with Crippen molar-refractivity contribution in [2.24, 2.45) is 0 Å². The van der Waals surface area contributed by atoms with Crippen LogP contribution in [0.4, 0.5) is 9.18 Å². The van der Waals surface area contributed by atoms with Gasteiger partial charge in [0.25, 0.3) is 0 Å². The summed E-state index contributed by atoms with van der Waals surface area (Å²) in [5.41, 5.74) is 1.45. The molecule has 0 saturated carbocycles. The van der Waals surface area contributed by atoms with Crippen LogP contribution < -0.4 is 4.74 Å². The van der Waals surface area contributed by atoms with E-state index in [1.165, 1.54) is 17.1 Å². The van der Waals surface area contributed by atoms with Crippen molar-refractivity contribution in [2.45, 2.75) is 52.2 Å². The van der Waals surface area contributed by atoms with E-state index < -0.39 is 5.82 Å². The van der Waals surface area contributed by atoms with Gasteiger partial charge >= 0.3 is 6.03 Å². The summed E-state index contributed by atoms with van der Waals surface area (Å²) in [6, 6.07) is 6.28. The van der Waals surface area contributed by atoms with Gasteiger partial charge in [-0.3, -0.25) is 4.90 Å². The third-order valence-electron chi connectivity index (χ3n) is 7.23. The molecule has 0 bridgehead atoms. The number of phenolic OH excluding ortho intramolecular Hbond substituents is 1. The largest absolute Gasteiger partial charge is 0.507 e. The van der Waals surface area contributed by atoms with E-state index in [-0.39, 0.29) is 52.4 Å². The number of aromatic hydroxyl groups is 1. The smallest absolute Gasteiger partial charge is 0.346 e. The zero-order valence-electron chi connectivity index (χ0n) is 21.5. The van der Waals surface area contributed by atoms with Crippen molar-refractivity contribution in [3.05, 3.63) is 58.4 Å². The van der Waals surface area contributed by atoms with Crippen molar-refractivity contribution >= 4 is 17.6 Å². The number of piperidine rings is 1. The SMILES string of the molecule is CC#Cc1cc2c(c(F)c1-c1c(O)cccc1Cl)OC[C@H]1CC(N(CC)C(=O)n3cnc(C)n3)CCN1C2. The lowest BCUT2D eigenvalue weighted by Crippen LogP contribution is -2.53. The third kappa shape index (κ3) is 4.70. The molecule has 2 atom stereocenters. The Bertz CT molecular complexity index is 1430. The van der Waals surface area contributed by atoms with Crippen LogP contribution in [0.2, 0.25) is 5.02 Å². The summed E-state index contributed by atoms with van der Waals surface area (Å²) < 4.78 is 23.5. The molecule has 198 valence electrons. The third-order valence-corrected chi connectivity index (χ3v) is 7.55. The van der Waals surface area contributed by atoms with Crippen LogP contribution in [-0.2, 0) is 6.54 Å².